The molecule has 174 valence electrons. The largest absolute Gasteiger partial charge is 0.416 e. The van der Waals surface area contributed by atoms with Gasteiger partial charge in [0.1, 0.15) is 0 Å². The number of piperidine rings is 1. The molecule has 2 N–H and O–H groups in total. The summed E-state index contributed by atoms with van der Waals surface area (Å²) in [6.07, 6.45) is -2.27. The molecule has 1 unspecified atom stereocenters. The van der Waals surface area contributed by atoms with Crippen LogP contribution in [0.1, 0.15) is 48.9 Å². The quantitative estimate of drug-likeness (QED) is 0.545. The number of pyridine rings is 1. The SMILES string of the molecule is CCC(CO)c1cnc(C2(F)CCN(C(=O)Nc3ccc(C(F)(F)F)cc3)CC2)c(Cl)c1. The van der Waals surface area contributed by atoms with E-state index in [4.69, 9.17) is 11.6 Å². The maximum Gasteiger partial charge on any atom is 0.416 e. The molecule has 2 heterocycles. The third-order valence-electron chi connectivity index (χ3n) is 5.78. The van der Waals surface area contributed by atoms with E-state index in [2.05, 4.69) is 10.3 Å². The lowest BCUT2D eigenvalue weighted by Gasteiger charge is -2.36. The molecule has 1 aromatic heterocycles. The van der Waals surface area contributed by atoms with E-state index >= 15 is 4.39 Å². The molecule has 2 aromatic rings. The third kappa shape index (κ3) is 5.32. The fraction of sp³-hybridized carbons (Fsp3) is 0.455. The van der Waals surface area contributed by atoms with Gasteiger partial charge in [-0.05, 0) is 42.3 Å². The Morgan fingerprint density at radius 1 is 1.28 bits per heavy atom. The summed E-state index contributed by atoms with van der Waals surface area (Å²) >= 11 is 6.30. The second kappa shape index (κ2) is 9.62. The molecule has 1 atom stereocenters. The molecule has 0 radical (unpaired) electrons. The topological polar surface area (TPSA) is 65.5 Å². The summed E-state index contributed by atoms with van der Waals surface area (Å²) in [5.74, 6) is -0.125. The van der Waals surface area contributed by atoms with Crippen molar-refractivity contribution in [1.82, 2.24) is 9.88 Å². The molecule has 5 nitrogen and oxygen atoms in total. The lowest BCUT2D eigenvalue weighted by molar-refractivity contribution is -0.137. The van der Waals surface area contributed by atoms with Crippen LogP contribution in [0.2, 0.25) is 5.02 Å². The summed E-state index contributed by atoms with van der Waals surface area (Å²) in [6.45, 7) is 2.05. The van der Waals surface area contributed by atoms with Crippen LogP contribution in [-0.4, -0.2) is 40.7 Å². The first-order valence-corrected chi connectivity index (χ1v) is 10.6. The van der Waals surface area contributed by atoms with E-state index in [0.717, 1.165) is 17.7 Å². The zero-order valence-electron chi connectivity index (χ0n) is 17.4. The molecule has 1 aromatic carbocycles. The summed E-state index contributed by atoms with van der Waals surface area (Å²) in [4.78, 5) is 18.1. The number of nitrogens with zero attached hydrogens (tertiary/aromatic N) is 2. The molecular formula is C22H24ClF4N3O2. The molecule has 1 saturated heterocycles. The fourth-order valence-electron chi connectivity index (χ4n) is 3.72. The molecule has 1 aliphatic rings. The van der Waals surface area contributed by atoms with Crippen molar-refractivity contribution in [2.24, 2.45) is 0 Å². The van der Waals surface area contributed by atoms with Crippen LogP contribution >= 0.6 is 11.6 Å². The number of amides is 2. The fourth-order valence-corrected chi connectivity index (χ4v) is 4.07. The molecule has 2 amide bonds. The predicted molar refractivity (Wildman–Crippen MR) is 113 cm³/mol. The van der Waals surface area contributed by atoms with Gasteiger partial charge in [-0.3, -0.25) is 4.98 Å². The van der Waals surface area contributed by atoms with E-state index in [1.54, 1.807) is 6.07 Å². The van der Waals surface area contributed by atoms with Gasteiger partial charge in [-0.15, -0.1) is 0 Å². The Morgan fingerprint density at radius 3 is 2.41 bits per heavy atom. The number of anilines is 1. The number of likely N-dealkylation sites (tertiary alicyclic amines) is 1. The second-order valence-corrected chi connectivity index (χ2v) is 8.25. The van der Waals surface area contributed by atoms with Crippen molar-refractivity contribution < 1.29 is 27.5 Å². The lowest BCUT2D eigenvalue weighted by atomic mass is 9.88. The standard InChI is InChI=1S/C22H24ClF4N3O2/c1-2-14(13-31)15-11-18(23)19(28-12-15)21(24)7-9-30(10-8-21)20(32)29-17-5-3-16(4-6-17)22(25,26)27/h3-6,11-12,14,31H,2,7-10,13H2,1H3,(H,29,32). The van der Waals surface area contributed by atoms with E-state index in [0.29, 0.717) is 6.42 Å². The minimum atomic E-state index is -4.46. The van der Waals surface area contributed by atoms with E-state index in [1.165, 1.54) is 23.2 Å². The molecule has 32 heavy (non-hydrogen) atoms. The normalized spacial score (nSPS) is 17.2. The second-order valence-electron chi connectivity index (χ2n) is 7.84. The zero-order valence-corrected chi connectivity index (χ0v) is 18.2. The Bertz CT molecular complexity index is 941. The number of hydrogen-bond acceptors (Lipinski definition) is 3. The molecule has 1 fully saturated rings. The van der Waals surface area contributed by atoms with Gasteiger partial charge in [0.05, 0.1) is 16.3 Å². The van der Waals surface area contributed by atoms with E-state index in [9.17, 15) is 23.1 Å². The first-order chi connectivity index (χ1) is 15.1. The van der Waals surface area contributed by atoms with Gasteiger partial charge >= 0.3 is 12.2 Å². The van der Waals surface area contributed by atoms with Crippen molar-refractivity contribution in [3.63, 3.8) is 0 Å². The number of hydrogen-bond donors (Lipinski definition) is 2. The highest BCUT2D eigenvalue weighted by Crippen LogP contribution is 2.40. The minimum Gasteiger partial charge on any atom is -0.396 e. The first kappa shape index (κ1) is 24.3. The maximum atomic E-state index is 15.6. The highest BCUT2D eigenvalue weighted by molar-refractivity contribution is 6.31. The Balaban J connectivity index is 1.63. The van der Waals surface area contributed by atoms with Gasteiger partial charge in [-0.1, -0.05) is 18.5 Å². The van der Waals surface area contributed by atoms with Crippen molar-refractivity contribution >= 4 is 23.3 Å². The number of nitrogens with one attached hydrogen (secondary N) is 1. The van der Waals surface area contributed by atoms with Gasteiger partial charge < -0.3 is 15.3 Å². The average Bonchev–Trinajstić information content (AvgIpc) is 2.75. The van der Waals surface area contributed by atoms with Crippen molar-refractivity contribution in [3.8, 4) is 0 Å². The monoisotopic (exact) mass is 473 g/mol. The zero-order chi connectivity index (χ0) is 23.5. The minimum absolute atomic E-state index is 0.0172. The third-order valence-corrected chi connectivity index (χ3v) is 6.07. The van der Waals surface area contributed by atoms with Crippen LogP contribution in [0.5, 0.6) is 0 Å². The Hall–Kier alpha value is -2.39. The highest BCUT2D eigenvalue weighted by Gasteiger charge is 2.40. The van der Waals surface area contributed by atoms with Crippen LogP contribution < -0.4 is 5.32 Å². The number of carbonyl (C=O) groups is 1. The number of carbonyl (C=O) groups excluding carboxylic acids is 1. The van der Waals surface area contributed by atoms with Crippen LogP contribution in [0.3, 0.4) is 0 Å². The highest BCUT2D eigenvalue weighted by atomic mass is 35.5. The van der Waals surface area contributed by atoms with E-state index < -0.39 is 23.4 Å². The molecule has 0 saturated carbocycles. The number of urea groups is 1. The van der Waals surface area contributed by atoms with Gasteiger partial charge in [0, 0.05) is 50.3 Å². The molecule has 0 bridgehead atoms. The summed E-state index contributed by atoms with van der Waals surface area (Å²) in [5.41, 5.74) is -1.55. The number of aliphatic hydroxyl groups is 1. The van der Waals surface area contributed by atoms with Gasteiger partial charge in [0.15, 0.2) is 5.67 Å². The summed E-state index contributed by atoms with van der Waals surface area (Å²) in [6, 6.07) is 5.22. The predicted octanol–water partition coefficient (Wildman–Crippen LogP) is 5.73. The lowest BCUT2D eigenvalue weighted by Crippen LogP contribution is -2.45. The molecule has 0 aliphatic carbocycles. The number of aliphatic hydroxyl groups excluding tert-OH is 1. The van der Waals surface area contributed by atoms with Crippen LogP contribution in [0, 0.1) is 0 Å². The number of halogens is 5. The van der Waals surface area contributed by atoms with Gasteiger partial charge in [-0.25, -0.2) is 9.18 Å². The smallest absolute Gasteiger partial charge is 0.396 e. The van der Waals surface area contributed by atoms with Crippen molar-refractivity contribution in [1.29, 1.82) is 0 Å². The molecule has 3 rings (SSSR count). The number of rotatable bonds is 5. The molecule has 0 spiro atoms. The van der Waals surface area contributed by atoms with E-state index in [1.807, 2.05) is 6.92 Å². The van der Waals surface area contributed by atoms with Crippen molar-refractivity contribution in [3.05, 3.63) is 58.4 Å². The summed E-state index contributed by atoms with van der Waals surface area (Å²) in [5, 5.41) is 12.2. The number of alkyl halides is 4. The Morgan fingerprint density at radius 2 is 1.91 bits per heavy atom. The molecular weight excluding hydrogens is 450 g/mol. The Labute approximate surface area is 188 Å². The summed E-state index contributed by atoms with van der Waals surface area (Å²) in [7, 11) is 0. The van der Waals surface area contributed by atoms with Crippen LogP contribution in [-0.2, 0) is 11.8 Å². The first-order valence-electron chi connectivity index (χ1n) is 10.3. The Kier molecular flexibility index (Phi) is 7.29. The van der Waals surface area contributed by atoms with E-state index in [-0.39, 0.29) is 54.9 Å². The molecule has 1 aliphatic heterocycles. The van der Waals surface area contributed by atoms with Crippen LogP contribution in [0.15, 0.2) is 36.5 Å². The van der Waals surface area contributed by atoms with Gasteiger partial charge in [0.2, 0.25) is 0 Å². The number of benzene rings is 1. The van der Waals surface area contributed by atoms with Gasteiger partial charge in [0.25, 0.3) is 0 Å². The van der Waals surface area contributed by atoms with Crippen LogP contribution in [0.4, 0.5) is 28.0 Å². The van der Waals surface area contributed by atoms with Crippen molar-refractivity contribution in [2.75, 3.05) is 25.0 Å². The summed E-state index contributed by atoms with van der Waals surface area (Å²) < 4.78 is 53.6. The van der Waals surface area contributed by atoms with Crippen LogP contribution in [0.25, 0.3) is 0 Å². The maximum absolute atomic E-state index is 15.6. The van der Waals surface area contributed by atoms with Gasteiger partial charge in [-0.2, -0.15) is 13.2 Å². The average molecular weight is 474 g/mol. The molecule has 10 heteroatoms. The van der Waals surface area contributed by atoms with Crippen molar-refractivity contribution in [2.45, 2.75) is 43.9 Å². The number of aromatic nitrogens is 1.